The zero-order valence-corrected chi connectivity index (χ0v) is 15.9. The molecule has 1 amide bonds. The maximum Gasteiger partial charge on any atom is 0.225 e. The van der Waals surface area contributed by atoms with Crippen LogP contribution in [0.4, 0.5) is 0 Å². The monoisotopic (exact) mass is 400 g/mol. The van der Waals surface area contributed by atoms with E-state index in [0.29, 0.717) is 11.8 Å². The van der Waals surface area contributed by atoms with Gasteiger partial charge in [0, 0.05) is 16.6 Å². The van der Waals surface area contributed by atoms with E-state index in [1.807, 2.05) is 0 Å². The fraction of sp³-hybridized carbons (Fsp3) is 0.611. The lowest BCUT2D eigenvalue weighted by Crippen LogP contribution is -2.47. The van der Waals surface area contributed by atoms with Gasteiger partial charge in [-0.2, -0.15) is 0 Å². The van der Waals surface area contributed by atoms with Crippen LogP contribution in [0.25, 0.3) is 0 Å². The summed E-state index contributed by atoms with van der Waals surface area (Å²) < 4.78 is 1.10. The zero-order valence-electron chi connectivity index (χ0n) is 13.5. The predicted molar refractivity (Wildman–Crippen MR) is 99.6 cm³/mol. The van der Waals surface area contributed by atoms with Gasteiger partial charge in [-0.05, 0) is 68.6 Å². The SMILES string of the molecule is CC(CCc1ccc(Br)cc1)NC(=O)C1C2CCC(C2)C1N.Cl. The quantitative estimate of drug-likeness (QED) is 0.790. The maximum absolute atomic E-state index is 12.5. The first-order chi connectivity index (χ1) is 10.5. The summed E-state index contributed by atoms with van der Waals surface area (Å²) in [4.78, 5) is 12.5. The molecule has 2 aliphatic rings. The summed E-state index contributed by atoms with van der Waals surface area (Å²) in [5.74, 6) is 1.34. The lowest BCUT2D eigenvalue weighted by atomic mass is 9.84. The second-order valence-corrected chi connectivity index (χ2v) is 7.93. The Kier molecular flexibility index (Phi) is 6.52. The average molecular weight is 402 g/mol. The van der Waals surface area contributed by atoms with Crippen molar-refractivity contribution in [2.75, 3.05) is 0 Å². The minimum Gasteiger partial charge on any atom is -0.353 e. The summed E-state index contributed by atoms with van der Waals surface area (Å²) in [5.41, 5.74) is 7.56. The number of fused-ring (bicyclic) bond motifs is 2. The third kappa shape index (κ3) is 4.28. The van der Waals surface area contributed by atoms with E-state index in [1.165, 1.54) is 18.4 Å². The molecular weight excluding hydrogens is 376 g/mol. The number of rotatable bonds is 5. The summed E-state index contributed by atoms with van der Waals surface area (Å²) in [7, 11) is 0. The number of benzene rings is 1. The third-order valence-corrected chi connectivity index (χ3v) is 5.98. The molecule has 3 nitrogen and oxygen atoms in total. The van der Waals surface area contributed by atoms with E-state index in [9.17, 15) is 4.79 Å². The van der Waals surface area contributed by atoms with Gasteiger partial charge in [0.1, 0.15) is 0 Å². The summed E-state index contributed by atoms with van der Waals surface area (Å²) in [6, 6.07) is 8.66. The highest BCUT2D eigenvalue weighted by Gasteiger charge is 2.49. The summed E-state index contributed by atoms with van der Waals surface area (Å²) in [6.07, 6.45) is 5.51. The molecule has 5 heteroatoms. The molecule has 2 saturated carbocycles. The van der Waals surface area contributed by atoms with E-state index in [-0.39, 0.29) is 36.3 Å². The molecule has 0 radical (unpaired) electrons. The van der Waals surface area contributed by atoms with Crippen molar-refractivity contribution in [3.05, 3.63) is 34.3 Å². The molecule has 2 fully saturated rings. The fourth-order valence-corrected chi connectivity index (χ4v) is 4.43. The molecule has 0 saturated heterocycles. The van der Waals surface area contributed by atoms with Crippen molar-refractivity contribution in [3.8, 4) is 0 Å². The Morgan fingerprint density at radius 3 is 2.57 bits per heavy atom. The van der Waals surface area contributed by atoms with Crippen LogP contribution in [-0.2, 0) is 11.2 Å². The van der Waals surface area contributed by atoms with Crippen LogP contribution in [-0.4, -0.2) is 18.0 Å². The number of nitrogens with two attached hydrogens (primary N) is 1. The van der Waals surface area contributed by atoms with E-state index in [2.05, 4.69) is 52.4 Å². The number of hydrogen-bond acceptors (Lipinski definition) is 2. The first kappa shape index (κ1) is 18.8. The van der Waals surface area contributed by atoms with Crippen LogP contribution in [0.3, 0.4) is 0 Å². The normalized spacial score (nSPS) is 29.9. The Morgan fingerprint density at radius 2 is 1.96 bits per heavy atom. The molecular formula is C18H26BrClN2O. The van der Waals surface area contributed by atoms with Crippen LogP contribution in [0, 0.1) is 17.8 Å². The van der Waals surface area contributed by atoms with Crippen LogP contribution in [0.2, 0.25) is 0 Å². The Hall–Kier alpha value is -0.580. The highest BCUT2D eigenvalue weighted by atomic mass is 79.9. The van der Waals surface area contributed by atoms with Crippen molar-refractivity contribution < 1.29 is 4.79 Å². The Morgan fingerprint density at radius 1 is 1.30 bits per heavy atom. The number of carbonyl (C=O) groups excluding carboxylic acids is 1. The minimum atomic E-state index is 0. The molecule has 2 aliphatic carbocycles. The smallest absolute Gasteiger partial charge is 0.225 e. The van der Waals surface area contributed by atoms with Crippen LogP contribution in [0.5, 0.6) is 0 Å². The Labute approximate surface area is 153 Å². The Balaban J connectivity index is 0.00000192. The highest BCUT2D eigenvalue weighted by molar-refractivity contribution is 9.10. The number of hydrogen-bond donors (Lipinski definition) is 2. The van der Waals surface area contributed by atoms with Crippen molar-refractivity contribution in [2.24, 2.45) is 23.5 Å². The van der Waals surface area contributed by atoms with Gasteiger partial charge in [0.25, 0.3) is 0 Å². The lowest BCUT2D eigenvalue weighted by Gasteiger charge is -2.28. The van der Waals surface area contributed by atoms with Gasteiger partial charge in [-0.15, -0.1) is 12.4 Å². The van der Waals surface area contributed by atoms with E-state index in [1.54, 1.807) is 0 Å². The van der Waals surface area contributed by atoms with Crippen molar-refractivity contribution in [1.29, 1.82) is 0 Å². The molecule has 2 bridgehead atoms. The van der Waals surface area contributed by atoms with Crippen molar-refractivity contribution >= 4 is 34.2 Å². The first-order valence-electron chi connectivity index (χ1n) is 8.35. The molecule has 0 aliphatic heterocycles. The molecule has 3 rings (SSSR count). The standard InChI is InChI=1S/C18H25BrN2O.ClH/c1-11(2-3-12-4-8-15(19)9-5-12)21-18(22)16-13-6-7-14(10-13)17(16)20;/h4-5,8-9,11,13-14,16-17H,2-3,6-7,10,20H2,1H3,(H,21,22);1H. The number of carbonyl (C=O) groups is 1. The van der Waals surface area contributed by atoms with Gasteiger partial charge in [0.2, 0.25) is 5.91 Å². The van der Waals surface area contributed by atoms with Gasteiger partial charge in [-0.3, -0.25) is 4.79 Å². The molecule has 0 heterocycles. The second kappa shape index (κ2) is 8.00. The molecule has 0 spiro atoms. The number of aryl methyl sites for hydroxylation is 1. The van der Waals surface area contributed by atoms with Crippen LogP contribution >= 0.6 is 28.3 Å². The van der Waals surface area contributed by atoms with Crippen LogP contribution < -0.4 is 11.1 Å². The van der Waals surface area contributed by atoms with Crippen molar-refractivity contribution in [2.45, 2.75) is 51.1 Å². The number of amides is 1. The van der Waals surface area contributed by atoms with Gasteiger partial charge in [-0.25, -0.2) is 0 Å². The van der Waals surface area contributed by atoms with Crippen molar-refractivity contribution in [3.63, 3.8) is 0 Å². The van der Waals surface area contributed by atoms with E-state index >= 15 is 0 Å². The minimum absolute atomic E-state index is 0. The molecule has 128 valence electrons. The lowest BCUT2D eigenvalue weighted by molar-refractivity contribution is -0.127. The topological polar surface area (TPSA) is 55.1 Å². The molecule has 3 N–H and O–H groups in total. The van der Waals surface area contributed by atoms with Gasteiger partial charge in [-0.1, -0.05) is 28.1 Å². The molecule has 5 atom stereocenters. The second-order valence-electron chi connectivity index (χ2n) is 7.01. The molecule has 1 aromatic carbocycles. The Bertz CT molecular complexity index is 534. The first-order valence-corrected chi connectivity index (χ1v) is 9.14. The van der Waals surface area contributed by atoms with Gasteiger partial charge < -0.3 is 11.1 Å². The predicted octanol–water partition coefficient (Wildman–Crippen LogP) is 3.68. The van der Waals surface area contributed by atoms with Gasteiger partial charge in [0.15, 0.2) is 0 Å². The van der Waals surface area contributed by atoms with E-state index < -0.39 is 0 Å². The fourth-order valence-electron chi connectivity index (χ4n) is 4.17. The highest BCUT2D eigenvalue weighted by Crippen LogP contribution is 2.47. The zero-order chi connectivity index (χ0) is 15.7. The van der Waals surface area contributed by atoms with Gasteiger partial charge in [0.05, 0.1) is 5.92 Å². The number of nitrogens with one attached hydrogen (secondary N) is 1. The number of halogens is 2. The van der Waals surface area contributed by atoms with Crippen molar-refractivity contribution in [1.82, 2.24) is 5.32 Å². The van der Waals surface area contributed by atoms with Crippen LogP contribution in [0.15, 0.2) is 28.7 Å². The van der Waals surface area contributed by atoms with E-state index in [4.69, 9.17) is 5.73 Å². The summed E-state index contributed by atoms with van der Waals surface area (Å²) in [6.45, 7) is 2.09. The van der Waals surface area contributed by atoms with E-state index in [0.717, 1.165) is 23.7 Å². The van der Waals surface area contributed by atoms with Crippen LogP contribution in [0.1, 0.15) is 38.2 Å². The summed E-state index contributed by atoms with van der Waals surface area (Å²) >= 11 is 3.45. The largest absolute Gasteiger partial charge is 0.353 e. The maximum atomic E-state index is 12.5. The molecule has 0 aromatic heterocycles. The third-order valence-electron chi connectivity index (χ3n) is 5.45. The average Bonchev–Trinajstić information content (AvgIpc) is 3.07. The molecule has 23 heavy (non-hydrogen) atoms. The molecule has 1 aromatic rings. The van der Waals surface area contributed by atoms with Gasteiger partial charge >= 0.3 is 0 Å². The molecule has 5 unspecified atom stereocenters. The summed E-state index contributed by atoms with van der Waals surface area (Å²) in [5, 5.41) is 3.19.